The highest BCUT2D eigenvalue weighted by molar-refractivity contribution is 6.40. The summed E-state index contributed by atoms with van der Waals surface area (Å²) in [5.74, 6) is -1.63. The average molecular weight is 305 g/mol. The number of amides is 1. The van der Waals surface area contributed by atoms with Crippen molar-refractivity contribution in [3.63, 3.8) is 0 Å². The lowest BCUT2D eigenvalue weighted by atomic mass is 10.0. The van der Waals surface area contributed by atoms with Gasteiger partial charge in [-0.25, -0.2) is 4.79 Å². The Hall–Kier alpha value is -1.30. The molecule has 0 saturated carbocycles. The van der Waals surface area contributed by atoms with Crippen LogP contribution in [0.4, 0.5) is 5.69 Å². The smallest absolute Gasteiger partial charge is 0.335 e. The van der Waals surface area contributed by atoms with Gasteiger partial charge >= 0.3 is 5.97 Å². The van der Waals surface area contributed by atoms with Crippen LogP contribution in [0.1, 0.15) is 24.2 Å². The Labute approximate surface area is 120 Å². The van der Waals surface area contributed by atoms with E-state index in [1.807, 2.05) is 0 Å². The third kappa shape index (κ3) is 3.83. The number of carbonyl (C=O) groups is 2. The maximum Gasteiger partial charge on any atom is 0.335 e. The third-order valence-electron chi connectivity index (χ3n) is 2.56. The normalized spacial score (nSPS) is 12.3. The predicted octanol–water partition coefficient (Wildman–Crippen LogP) is 2.61. The Morgan fingerprint density at radius 3 is 2.11 bits per heavy atom. The van der Waals surface area contributed by atoms with E-state index in [0.717, 1.165) is 0 Å². The standard InChI is InChI=1S/C12H14Cl2N2O3/c1-5(2)9(15)11(17)16-10-7(13)3-6(12(18)19)4-8(10)14/h3-5,9H,15H2,1-2H3,(H,16,17)(H,18,19)/t9-/m0/s1. The van der Waals surface area contributed by atoms with Crippen molar-refractivity contribution in [1.82, 2.24) is 0 Å². The molecular formula is C12H14Cl2N2O3. The summed E-state index contributed by atoms with van der Waals surface area (Å²) in [4.78, 5) is 22.6. The molecule has 0 saturated heterocycles. The zero-order valence-corrected chi connectivity index (χ0v) is 11.9. The van der Waals surface area contributed by atoms with Gasteiger partial charge in [0.1, 0.15) is 0 Å². The number of carboxylic acid groups (broad SMARTS) is 1. The second-order valence-electron chi connectivity index (χ2n) is 4.38. The second-order valence-corrected chi connectivity index (χ2v) is 5.19. The Kier molecular flexibility index (Phi) is 5.17. The SMILES string of the molecule is CC(C)[C@H](N)C(=O)Nc1c(Cl)cc(C(=O)O)cc1Cl. The first-order chi connectivity index (χ1) is 8.73. The van der Waals surface area contributed by atoms with Gasteiger partial charge in [-0.05, 0) is 18.1 Å². The second kappa shape index (κ2) is 6.23. The molecule has 0 bridgehead atoms. The summed E-state index contributed by atoms with van der Waals surface area (Å²) in [6, 6.07) is 1.73. The molecule has 0 aliphatic heterocycles. The summed E-state index contributed by atoms with van der Waals surface area (Å²) < 4.78 is 0. The molecular weight excluding hydrogens is 291 g/mol. The van der Waals surface area contributed by atoms with Gasteiger partial charge in [0, 0.05) is 0 Å². The van der Waals surface area contributed by atoms with E-state index in [9.17, 15) is 9.59 Å². The third-order valence-corrected chi connectivity index (χ3v) is 3.15. The van der Waals surface area contributed by atoms with E-state index in [2.05, 4.69) is 5.32 Å². The molecule has 1 aromatic carbocycles. The summed E-state index contributed by atoms with van der Waals surface area (Å²) in [5, 5.41) is 11.4. The lowest BCUT2D eigenvalue weighted by Crippen LogP contribution is -2.39. The summed E-state index contributed by atoms with van der Waals surface area (Å²) in [7, 11) is 0. The lowest BCUT2D eigenvalue weighted by molar-refractivity contribution is -0.118. The molecule has 1 aromatic rings. The van der Waals surface area contributed by atoms with Crippen LogP contribution in [0.25, 0.3) is 0 Å². The number of benzene rings is 1. The van der Waals surface area contributed by atoms with Gasteiger partial charge < -0.3 is 16.2 Å². The molecule has 0 fully saturated rings. The van der Waals surface area contributed by atoms with Crippen molar-refractivity contribution < 1.29 is 14.7 Å². The van der Waals surface area contributed by atoms with Crippen molar-refractivity contribution in [1.29, 1.82) is 0 Å². The van der Waals surface area contributed by atoms with Crippen molar-refractivity contribution in [3.05, 3.63) is 27.7 Å². The summed E-state index contributed by atoms with van der Waals surface area (Å²) >= 11 is 11.8. The zero-order chi connectivity index (χ0) is 14.7. The van der Waals surface area contributed by atoms with E-state index in [1.54, 1.807) is 13.8 Å². The minimum Gasteiger partial charge on any atom is -0.478 e. The number of rotatable bonds is 4. The number of nitrogens with one attached hydrogen (secondary N) is 1. The first-order valence-electron chi connectivity index (χ1n) is 5.52. The predicted molar refractivity (Wildman–Crippen MR) is 74.9 cm³/mol. The molecule has 1 rings (SSSR count). The Morgan fingerprint density at radius 2 is 1.74 bits per heavy atom. The Morgan fingerprint density at radius 1 is 1.26 bits per heavy atom. The number of halogens is 2. The van der Waals surface area contributed by atoms with E-state index in [-0.39, 0.29) is 27.2 Å². The van der Waals surface area contributed by atoms with Crippen LogP contribution in [0.15, 0.2) is 12.1 Å². The summed E-state index contributed by atoms with van der Waals surface area (Å²) in [6.07, 6.45) is 0. The monoisotopic (exact) mass is 304 g/mol. The molecule has 5 nitrogen and oxygen atoms in total. The molecule has 1 amide bonds. The van der Waals surface area contributed by atoms with Gasteiger partial charge in [0.05, 0.1) is 27.3 Å². The molecule has 4 N–H and O–H groups in total. The molecule has 0 unspecified atom stereocenters. The van der Waals surface area contributed by atoms with E-state index in [4.69, 9.17) is 34.0 Å². The number of hydrogen-bond donors (Lipinski definition) is 3. The largest absolute Gasteiger partial charge is 0.478 e. The van der Waals surface area contributed by atoms with Crippen LogP contribution in [-0.4, -0.2) is 23.0 Å². The van der Waals surface area contributed by atoms with Crippen LogP contribution in [0, 0.1) is 5.92 Å². The number of anilines is 1. The Bertz CT molecular complexity index is 495. The molecule has 104 valence electrons. The number of carboxylic acids is 1. The van der Waals surface area contributed by atoms with Crippen LogP contribution < -0.4 is 11.1 Å². The van der Waals surface area contributed by atoms with E-state index in [0.29, 0.717) is 0 Å². The first kappa shape index (κ1) is 15.8. The minimum absolute atomic E-state index is 0.0455. The van der Waals surface area contributed by atoms with Crippen molar-refractivity contribution in [2.45, 2.75) is 19.9 Å². The summed E-state index contributed by atoms with van der Waals surface area (Å²) in [6.45, 7) is 3.61. The lowest BCUT2D eigenvalue weighted by Gasteiger charge is -2.17. The van der Waals surface area contributed by atoms with Crippen molar-refractivity contribution in [3.8, 4) is 0 Å². The number of aromatic carboxylic acids is 1. The van der Waals surface area contributed by atoms with Gasteiger partial charge in [-0.3, -0.25) is 4.79 Å². The van der Waals surface area contributed by atoms with Crippen molar-refractivity contribution in [2.75, 3.05) is 5.32 Å². The van der Waals surface area contributed by atoms with Crippen molar-refractivity contribution >= 4 is 40.8 Å². The summed E-state index contributed by atoms with van der Waals surface area (Å²) in [5.41, 5.74) is 5.80. The van der Waals surface area contributed by atoms with Crippen LogP contribution >= 0.6 is 23.2 Å². The number of nitrogens with two attached hydrogens (primary N) is 1. The molecule has 7 heteroatoms. The fourth-order valence-corrected chi connectivity index (χ4v) is 1.91. The molecule has 0 radical (unpaired) electrons. The minimum atomic E-state index is -1.15. The van der Waals surface area contributed by atoms with Gasteiger partial charge in [0.25, 0.3) is 0 Å². The van der Waals surface area contributed by atoms with Gasteiger partial charge in [0.15, 0.2) is 0 Å². The highest BCUT2D eigenvalue weighted by Gasteiger charge is 2.20. The molecule has 0 spiro atoms. The molecule has 19 heavy (non-hydrogen) atoms. The van der Waals surface area contributed by atoms with Crippen molar-refractivity contribution in [2.24, 2.45) is 11.7 Å². The van der Waals surface area contributed by atoms with Gasteiger partial charge in [-0.15, -0.1) is 0 Å². The number of hydrogen-bond acceptors (Lipinski definition) is 3. The van der Waals surface area contributed by atoms with Gasteiger partial charge in [0.2, 0.25) is 5.91 Å². The zero-order valence-electron chi connectivity index (χ0n) is 10.4. The van der Waals surface area contributed by atoms with Crippen LogP contribution in [0.2, 0.25) is 10.0 Å². The molecule has 0 heterocycles. The molecule has 0 aliphatic rings. The van der Waals surface area contributed by atoms with E-state index < -0.39 is 17.9 Å². The van der Waals surface area contributed by atoms with E-state index >= 15 is 0 Å². The van der Waals surface area contributed by atoms with Gasteiger partial charge in [-0.2, -0.15) is 0 Å². The maximum atomic E-state index is 11.8. The molecule has 0 aromatic heterocycles. The average Bonchev–Trinajstić information content (AvgIpc) is 2.31. The molecule has 0 aliphatic carbocycles. The quantitative estimate of drug-likeness (QED) is 0.797. The van der Waals surface area contributed by atoms with Crippen LogP contribution in [-0.2, 0) is 4.79 Å². The first-order valence-corrected chi connectivity index (χ1v) is 6.28. The maximum absolute atomic E-state index is 11.8. The Balaban J connectivity index is 3.03. The van der Waals surface area contributed by atoms with Gasteiger partial charge in [-0.1, -0.05) is 37.0 Å². The number of carbonyl (C=O) groups excluding carboxylic acids is 1. The fourth-order valence-electron chi connectivity index (χ4n) is 1.33. The fraction of sp³-hybridized carbons (Fsp3) is 0.333. The van der Waals surface area contributed by atoms with E-state index in [1.165, 1.54) is 12.1 Å². The highest BCUT2D eigenvalue weighted by Crippen LogP contribution is 2.32. The van der Waals surface area contributed by atoms with Crippen LogP contribution in [0.5, 0.6) is 0 Å². The van der Waals surface area contributed by atoms with Crippen LogP contribution in [0.3, 0.4) is 0 Å². The topological polar surface area (TPSA) is 92.4 Å². The highest BCUT2D eigenvalue weighted by atomic mass is 35.5. The molecule has 1 atom stereocenters.